The number of amides is 1. The van der Waals surface area contributed by atoms with E-state index in [1.165, 1.54) is 17.7 Å². The third-order valence-corrected chi connectivity index (χ3v) is 5.12. The summed E-state index contributed by atoms with van der Waals surface area (Å²) in [6.45, 7) is 0.686. The Morgan fingerprint density at radius 3 is 2.52 bits per heavy atom. The van der Waals surface area contributed by atoms with Crippen molar-refractivity contribution in [3.05, 3.63) is 35.9 Å². The van der Waals surface area contributed by atoms with Gasteiger partial charge in [-0.2, -0.15) is 0 Å². The fourth-order valence-electron chi connectivity index (χ4n) is 3.87. The third kappa shape index (κ3) is 3.66. The maximum atomic E-state index is 12.4. The maximum absolute atomic E-state index is 12.4. The maximum Gasteiger partial charge on any atom is 0.410 e. The number of carboxylic acids is 1. The number of hydrogen-bond donors (Lipinski definition) is 1. The Balaban J connectivity index is 1.65. The Morgan fingerprint density at radius 1 is 1.13 bits per heavy atom. The van der Waals surface area contributed by atoms with Crippen molar-refractivity contribution in [3.63, 3.8) is 0 Å². The molecule has 124 valence electrons. The first-order valence-electron chi connectivity index (χ1n) is 8.35. The Hall–Kier alpha value is -2.04. The lowest BCUT2D eigenvalue weighted by atomic mass is 9.73. The summed E-state index contributed by atoms with van der Waals surface area (Å²) in [5, 5.41) is 9.48. The van der Waals surface area contributed by atoms with Crippen LogP contribution in [0.1, 0.15) is 37.7 Å². The first kappa shape index (κ1) is 15.8. The van der Waals surface area contributed by atoms with Crippen LogP contribution in [-0.4, -0.2) is 34.7 Å². The summed E-state index contributed by atoms with van der Waals surface area (Å²) in [4.78, 5) is 25.4. The number of benzene rings is 1. The van der Waals surface area contributed by atoms with E-state index in [0.717, 1.165) is 18.4 Å². The highest BCUT2D eigenvalue weighted by Crippen LogP contribution is 2.38. The van der Waals surface area contributed by atoms with Crippen molar-refractivity contribution in [1.29, 1.82) is 0 Å². The molecule has 3 atom stereocenters. The molecular formula is C18H23NO4. The summed E-state index contributed by atoms with van der Waals surface area (Å²) in [5.74, 6) is -0.0719. The minimum atomic E-state index is -0.925. The van der Waals surface area contributed by atoms with Gasteiger partial charge in [-0.05, 0) is 30.2 Å². The third-order valence-electron chi connectivity index (χ3n) is 5.12. The van der Waals surface area contributed by atoms with Gasteiger partial charge in [0.05, 0.1) is 0 Å². The molecule has 1 aromatic carbocycles. The lowest BCUT2D eigenvalue weighted by molar-refractivity contribution is -0.146. The molecule has 23 heavy (non-hydrogen) atoms. The second-order valence-electron chi connectivity index (χ2n) is 6.59. The van der Waals surface area contributed by atoms with Crippen LogP contribution in [-0.2, 0) is 16.1 Å². The number of aliphatic carboxylic acids is 1. The Kier molecular flexibility index (Phi) is 4.84. The minimum Gasteiger partial charge on any atom is -0.480 e. The molecule has 1 saturated heterocycles. The highest BCUT2D eigenvalue weighted by molar-refractivity contribution is 5.80. The molecule has 3 rings (SSSR count). The number of likely N-dealkylation sites (tertiary alicyclic amines) is 1. The van der Waals surface area contributed by atoms with Crippen molar-refractivity contribution in [3.8, 4) is 0 Å². The average Bonchev–Trinajstić information content (AvgIpc) is 2.59. The molecule has 0 radical (unpaired) electrons. The van der Waals surface area contributed by atoms with Crippen molar-refractivity contribution < 1.29 is 19.4 Å². The zero-order valence-electron chi connectivity index (χ0n) is 13.2. The second-order valence-corrected chi connectivity index (χ2v) is 6.59. The van der Waals surface area contributed by atoms with Crippen molar-refractivity contribution in [2.24, 2.45) is 11.8 Å². The van der Waals surface area contributed by atoms with Gasteiger partial charge < -0.3 is 9.84 Å². The van der Waals surface area contributed by atoms with Gasteiger partial charge in [-0.25, -0.2) is 9.59 Å². The number of fused-ring (bicyclic) bond motifs is 1. The summed E-state index contributed by atoms with van der Waals surface area (Å²) < 4.78 is 5.35. The number of rotatable bonds is 3. The molecule has 2 fully saturated rings. The van der Waals surface area contributed by atoms with Crippen molar-refractivity contribution in [2.75, 3.05) is 6.54 Å². The number of hydrogen-bond acceptors (Lipinski definition) is 3. The van der Waals surface area contributed by atoms with E-state index in [-0.39, 0.29) is 6.61 Å². The summed E-state index contributed by atoms with van der Waals surface area (Å²) >= 11 is 0. The van der Waals surface area contributed by atoms with Gasteiger partial charge in [0.15, 0.2) is 0 Å². The van der Waals surface area contributed by atoms with Crippen LogP contribution in [0.3, 0.4) is 0 Å². The molecule has 2 aliphatic rings. The standard InChI is InChI=1S/C18H23NO4/c20-17(21)16-10-14-8-4-5-9-15(14)11-19(16)18(22)23-12-13-6-2-1-3-7-13/h1-3,6-7,14-16H,4-5,8-12H2,(H,20,21)/t14-,15+,16?/m0/s1. The molecule has 1 aromatic rings. The van der Waals surface area contributed by atoms with Crippen LogP contribution in [0.4, 0.5) is 4.79 Å². The number of carbonyl (C=O) groups excluding carboxylic acids is 1. The van der Waals surface area contributed by atoms with Crippen LogP contribution in [0.15, 0.2) is 30.3 Å². The monoisotopic (exact) mass is 317 g/mol. The fraction of sp³-hybridized carbons (Fsp3) is 0.556. The summed E-state index contributed by atoms with van der Waals surface area (Å²) in [5.41, 5.74) is 0.903. The van der Waals surface area contributed by atoms with Gasteiger partial charge in [0.2, 0.25) is 0 Å². The molecule has 0 aromatic heterocycles. The van der Waals surface area contributed by atoms with Gasteiger partial charge in [0.25, 0.3) is 0 Å². The first-order chi connectivity index (χ1) is 11.1. The first-order valence-corrected chi connectivity index (χ1v) is 8.35. The smallest absolute Gasteiger partial charge is 0.410 e. The molecule has 1 aliphatic heterocycles. The SMILES string of the molecule is O=C(O)C1C[C@@H]2CCCC[C@@H]2CN1C(=O)OCc1ccccc1. The van der Waals surface area contributed by atoms with Crippen LogP contribution >= 0.6 is 0 Å². The van der Waals surface area contributed by atoms with Gasteiger partial charge in [0.1, 0.15) is 12.6 Å². The molecule has 1 N–H and O–H groups in total. The van der Waals surface area contributed by atoms with Crippen LogP contribution in [0.25, 0.3) is 0 Å². The van der Waals surface area contributed by atoms with Gasteiger partial charge in [-0.1, -0.05) is 49.6 Å². The zero-order valence-corrected chi connectivity index (χ0v) is 13.2. The van der Waals surface area contributed by atoms with Crippen LogP contribution in [0, 0.1) is 11.8 Å². The Bertz CT molecular complexity index is 559. The van der Waals surface area contributed by atoms with E-state index in [4.69, 9.17) is 4.74 Å². The Labute approximate surface area is 136 Å². The summed E-state index contributed by atoms with van der Waals surface area (Å²) in [7, 11) is 0. The molecule has 1 saturated carbocycles. The van der Waals surface area contributed by atoms with Crippen LogP contribution < -0.4 is 0 Å². The predicted octanol–water partition coefficient (Wildman–Crippen LogP) is 3.29. The topological polar surface area (TPSA) is 66.8 Å². The number of ether oxygens (including phenoxy) is 1. The number of piperidine rings is 1. The van der Waals surface area contributed by atoms with E-state index >= 15 is 0 Å². The number of carbonyl (C=O) groups is 2. The van der Waals surface area contributed by atoms with E-state index in [2.05, 4.69) is 0 Å². The van der Waals surface area contributed by atoms with Crippen molar-refractivity contribution in [2.45, 2.75) is 44.8 Å². The fourth-order valence-corrected chi connectivity index (χ4v) is 3.87. The largest absolute Gasteiger partial charge is 0.480 e. The lowest BCUT2D eigenvalue weighted by Gasteiger charge is -2.43. The number of nitrogens with zero attached hydrogens (tertiary/aromatic N) is 1. The van der Waals surface area contributed by atoms with E-state index in [0.29, 0.717) is 24.8 Å². The predicted molar refractivity (Wildman–Crippen MR) is 84.8 cm³/mol. The quantitative estimate of drug-likeness (QED) is 0.929. The van der Waals surface area contributed by atoms with E-state index in [1.807, 2.05) is 30.3 Å². The summed E-state index contributed by atoms with van der Waals surface area (Å²) in [6, 6.07) is 8.69. The molecule has 0 spiro atoms. The van der Waals surface area contributed by atoms with Gasteiger partial charge in [-0.15, -0.1) is 0 Å². The highest BCUT2D eigenvalue weighted by atomic mass is 16.6. The molecule has 1 aliphatic carbocycles. The van der Waals surface area contributed by atoms with E-state index in [9.17, 15) is 14.7 Å². The molecule has 1 amide bonds. The normalized spacial score (nSPS) is 27.1. The second kappa shape index (κ2) is 7.02. The number of carboxylic acid groups (broad SMARTS) is 1. The highest BCUT2D eigenvalue weighted by Gasteiger charge is 2.42. The molecule has 1 heterocycles. The Morgan fingerprint density at radius 2 is 1.83 bits per heavy atom. The molecule has 5 heteroatoms. The molecule has 0 bridgehead atoms. The van der Waals surface area contributed by atoms with Gasteiger partial charge in [-0.3, -0.25) is 4.90 Å². The van der Waals surface area contributed by atoms with Gasteiger partial charge >= 0.3 is 12.1 Å². The molecule has 1 unspecified atom stereocenters. The minimum absolute atomic E-state index is 0.177. The van der Waals surface area contributed by atoms with Crippen molar-refractivity contribution in [1.82, 2.24) is 4.90 Å². The van der Waals surface area contributed by atoms with Crippen LogP contribution in [0.2, 0.25) is 0 Å². The summed E-state index contributed by atoms with van der Waals surface area (Å²) in [6.07, 6.45) is 4.56. The van der Waals surface area contributed by atoms with E-state index < -0.39 is 18.1 Å². The van der Waals surface area contributed by atoms with E-state index in [1.54, 1.807) is 0 Å². The lowest BCUT2D eigenvalue weighted by Crippen LogP contribution is -2.54. The van der Waals surface area contributed by atoms with Crippen LogP contribution in [0.5, 0.6) is 0 Å². The zero-order chi connectivity index (χ0) is 16.2. The molecule has 5 nitrogen and oxygen atoms in total. The molecular weight excluding hydrogens is 294 g/mol. The average molecular weight is 317 g/mol. The van der Waals surface area contributed by atoms with Gasteiger partial charge in [0, 0.05) is 6.54 Å². The van der Waals surface area contributed by atoms with Crippen molar-refractivity contribution >= 4 is 12.1 Å².